The molecule has 1 aliphatic rings. The molecule has 0 saturated carbocycles. The van der Waals surface area contributed by atoms with Crippen molar-refractivity contribution < 1.29 is 18.4 Å². The van der Waals surface area contributed by atoms with Crippen molar-refractivity contribution in [3.05, 3.63) is 23.9 Å². The Labute approximate surface area is 86.6 Å². The zero-order valence-electron chi connectivity index (χ0n) is 8.62. The summed E-state index contributed by atoms with van der Waals surface area (Å²) in [6.07, 6.45) is -0.0731. The molecule has 0 saturated heterocycles. The standard InChI is InChI=1S/C10H14F3NO/c1-3-7(2)8-4-5-9(10(11,12)13)14(15)6-8/h4-7,9,15H,3H2,1-2H3. The smallest absolute Gasteiger partial charge is 0.288 e. The first-order valence-electron chi connectivity index (χ1n) is 4.80. The van der Waals surface area contributed by atoms with Crippen LogP contribution in [0.3, 0.4) is 0 Å². The lowest BCUT2D eigenvalue weighted by Crippen LogP contribution is -2.41. The maximum atomic E-state index is 12.3. The summed E-state index contributed by atoms with van der Waals surface area (Å²) >= 11 is 0. The lowest BCUT2D eigenvalue weighted by Gasteiger charge is -2.29. The van der Waals surface area contributed by atoms with Crippen LogP contribution < -0.4 is 0 Å². The van der Waals surface area contributed by atoms with Gasteiger partial charge in [0, 0.05) is 6.20 Å². The van der Waals surface area contributed by atoms with Gasteiger partial charge in [0.2, 0.25) is 0 Å². The van der Waals surface area contributed by atoms with E-state index < -0.39 is 12.2 Å². The van der Waals surface area contributed by atoms with Crippen LogP contribution in [0.5, 0.6) is 0 Å². The Balaban J connectivity index is 2.79. The Kier molecular flexibility index (Phi) is 3.44. The molecule has 0 aromatic carbocycles. The molecule has 15 heavy (non-hydrogen) atoms. The molecule has 5 heteroatoms. The van der Waals surface area contributed by atoms with E-state index in [1.807, 2.05) is 13.8 Å². The molecule has 0 aromatic heterocycles. The molecule has 2 nitrogen and oxygen atoms in total. The summed E-state index contributed by atoms with van der Waals surface area (Å²) in [6, 6.07) is -1.93. The summed E-state index contributed by atoms with van der Waals surface area (Å²) in [4.78, 5) is 0. The fourth-order valence-electron chi connectivity index (χ4n) is 1.35. The average Bonchev–Trinajstić information content (AvgIpc) is 2.14. The van der Waals surface area contributed by atoms with Crippen LogP contribution in [-0.2, 0) is 0 Å². The van der Waals surface area contributed by atoms with Crippen molar-refractivity contribution in [1.29, 1.82) is 0 Å². The average molecular weight is 221 g/mol. The van der Waals surface area contributed by atoms with Crippen molar-refractivity contribution in [3.63, 3.8) is 0 Å². The SMILES string of the molecule is CCC(C)C1=CN(O)C(C(F)(F)F)C=C1. The van der Waals surface area contributed by atoms with Crippen LogP contribution in [0.4, 0.5) is 13.2 Å². The first kappa shape index (κ1) is 12.1. The number of hydrogen-bond donors (Lipinski definition) is 1. The first-order valence-corrected chi connectivity index (χ1v) is 4.80. The number of allylic oxidation sites excluding steroid dienone is 2. The van der Waals surface area contributed by atoms with Gasteiger partial charge in [0.05, 0.1) is 0 Å². The van der Waals surface area contributed by atoms with Crippen LogP contribution >= 0.6 is 0 Å². The Hall–Kier alpha value is -0.970. The van der Waals surface area contributed by atoms with E-state index in [4.69, 9.17) is 0 Å². The van der Waals surface area contributed by atoms with E-state index in [1.54, 1.807) is 0 Å². The van der Waals surface area contributed by atoms with Gasteiger partial charge in [0.1, 0.15) is 0 Å². The molecule has 0 radical (unpaired) electrons. The van der Waals surface area contributed by atoms with Crippen molar-refractivity contribution in [2.75, 3.05) is 0 Å². The predicted molar refractivity (Wildman–Crippen MR) is 50.1 cm³/mol. The van der Waals surface area contributed by atoms with E-state index in [2.05, 4.69) is 0 Å². The van der Waals surface area contributed by atoms with Gasteiger partial charge in [-0.05, 0) is 17.9 Å². The van der Waals surface area contributed by atoms with Gasteiger partial charge in [0.25, 0.3) is 0 Å². The molecule has 1 rings (SSSR count). The lowest BCUT2D eigenvalue weighted by atomic mass is 9.96. The fraction of sp³-hybridized carbons (Fsp3) is 0.600. The third-order valence-corrected chi connectivity index (χ3v) is 2.55. The molecule has 0 spiro atoms. The zero-order chi connectivity index (χ0) is 11.6. The van der Waals surface area contributed by atoms with Gasteiger partial charge >= 0.3 is 6.18 Å². The molecule has 0 fully saturated rings. The van der Waals surface area contributed by atoms with E-state index in [0.29, 0.717) is 5.57 Å². The maximum absolute atomic E-state index is 12.3. The fourth-order valence-corrected chi connectivity index (χ4v) is 1.35. The van der Waals surface area contributed by atoms with Crippen LogP contribution in [0.25, 0.3) is 0 Å². The molecular weight excluding hydrogens is 207 g/mol. The second kappa shape index (κ2) is 4.26. The lowest BCUT2D eigenvalue weighted by molar-refractivity contribution is -0.218. The normalized spacial score (nSPS) is 24.0. The van der Waals surface area contributed by atoms with Crippen LogP contribution in [0.1, 0.15) is 20.3 Å². The van der Waals surface area contributed by atoms with Gasteiger partial charge in [0.15, 0.2) is 6.04 Å². The highest BCUT2D eigenvalue weighted by Crippen LogP contribution is 2.30. The maximum Gasteiger partial charge on any atom is 0.414 e. The number of alkyl halides is 3. The first-order chi connectivity index (χ1) is 6.86. The van der Waals surface area contributed by atoms with E-state index in [0.717, 1.165) is 18.7 Å². The highest BCUT2D eigenvalue weighted by molar-refractivity contribution is 5.26. The minimum absolute atomic E-state index is 0.144. The molecule has 0 amide bonds. The van der Waals surface area contributed by atoms with E-state index in [9.17, 15) is 18.4 Å². The summed E-state index contributed by atoms with van der Waals surface area (Å²) < 4.78 is 37.0. The summed E-state index contributed by atoms with van der Waals surface area (Å²) in [5.74, 6) is 0.144. The Bertz CT molecular complexity index is 283. The van der Waals surface area contributed by atoms with Crippen molar-refractivity contribution in [2.24, 2.45) is 5.92 Å². The topological polar surface area (TPSA) is 23.5 Å². The van der Waals surface area contributed by atoms with Crippen LogP contribution in [0.15, 0.2) is 23.9 Å². The molecule has 1 aliphatic heterocycles. The van der Waals surface area contributed by atoms with Gasteiger partial charge in [-0.1, -0.05) is 26.0 Å². The van der Waals surface area contributed by atoms with Gasteiger partial charge in [-0.3, -0.25) is 5.21 Å². The highest BCUT2D eigenvalue weighted by Gasteiger charge is 2.42. The zero-order valence-corrected chi connectivity index (χ0v) is 8.62. The summed E-state index contributed by atoms with van der Waals surface area (Å²) in [6.45, 7) is 3.84. The second-order valence-corrected chi connectivity index (χ2v) is 3.66. The highest BCUT2D eigenvalue weighted by atomic mass is 19.4. The minimum Gasteiger partial charge on any atom is -0.288 e. The molecule has 1 N–H and O–H groups in total. The molecule has 0 aliphatic carbocycles. The third kappa shape index (κ3) is 2.75. The largest absolute Gasteiger partial charge is 0.414 e. The van der Waals surface area contributed by atoms with Gasteiger partial charge in [-0.15, -0.1) is 0 Å². The van der Waals surface area contributed by atoms with E-state index in [-0.39, 0.29) is 11.0 Å². The molecular formula is C10H14F3NO. The quantitative estimate of drug-likeness (QED) is 0.774. The molecule has 0 bridgehead atoms. The molecule has 2 atom stereocenters. The Morgan fingerprint density at radius 2 is 2.13 bits per heavy atom. The molecule has 1 heterocycles. The minimum atomic E-state index is -4.44. The van der Waals surface area contributed by atoms with Gasteiger partial charge in [-0.2, -0.15) is 13.2 Å². The monoisotopic (exact) mass is 221 g/mol. The van der Waals surface area contributed by atoms with Crippen molar-refractivity contribution >= 4 is 0 Å². The van der Waals surface area contributed by atoms with Crippen molar-refractivity contribution in [3.8, 4) is 0 Å². The van der Waals surface area contributed by atoms with Gasteiger partial charge in [-0.25, -0.2) is 5.06 Å². The van der Waals surface area contributed by atoms with E-state index >= 15 is 0 Å². The molecule has 86 valence electrons. The number of hydroxylamine groups is 2. The summed E-state index contributed by atoms with van der Waals surface area (Å²) in [5, 5.41) is 9.43. The number of halogens is 3. The number of nitrogens with zero attached hydrogens (tertiary/aromatic N) is 1. The Morgan fingerprint density at radius 1 is 1.53 bits per heavy atom. The van der Waals surface area contributed by atoms with E-state index in [1.165, 1.54) is 6.08 Å². The van der Waals surface area contributed by atoms with Gasteiger partial charge < -0.3 is 0 Å². The second-order valence-electron chi connectivity index (χ2n) is 3.66. The summed E-state index contributed by atoms with van der Waals surface area (Å²) in [7, 11) is 0. The molecule has 2 unspecified atom stereocenters. The Morgan fingerprint density at radius 3 is 2.53 bits per heavy atom. The third-order valence-electron chi connectivity index (χ3n) is 2.55. The van der Waals surface area contributed by atoms with Crippen LogP contribution in [0, 0.1) is 5.92 Å². The van der Waals surface area contributed by atoms with Crippen LogP contribution in [-0.4, -0.2) is 22.5 Å². The number of rotatable bonds is 2. The summed E-state index contributed by atoms with van der Waals surface area (Å²) in [5.41, 5.74) is 0.709. The molecule has 0 aromatic rings. The van der Waals surface area contributed by atoms with Crippen molar-refractivity contribution in [2.45, 2.75) is 32.5 Å². The predicted octanol–water partition coefficient (Wildman–Crippen LogP) is 3.11. The number of hydrogen-bond acceptors (Lipinski definition) is 2. The van der Waals surface area contributed by atoms with Crippen molar-refractivity contribution in [1.82, 2.24) is 5.06 Å². The van der Waals surface area contributed by atoms with Crippen LogP contribution in [0.2, 0.25) is 0 Å².